The van der Waals surface area contributed by atoms with E-state index >= 15 is 0 Å². The summed E-state index contributed by atoms with van der Waals surface area (Å²) in [6.07, 6.45) is 1.46. The maximum Gasteiger partial charge on any atom is 0.251 e. The topological polar surface area (TPSA) is 70.6 Å². The van der Waals surface area contributed by atoms with Gasteiger partial charge >= 0.3 is 0 Å². The Kier molecular flexibility index (Phi) is 7.60. The summed E-state index contributed by atoms with van der Waals surface area (Å²) >= 11 is 12.0. The second kappa shape index (κ2) is 10.6. The zero-order valence-electron chi connectivity index (χ0n) is 15.9. The Labute approximate surface area is 184 Å². The highest BCUT2D eigenvalue weighted by Gasteiger charge is 2.19. The third-order valence-corrected chi connectivity index (χ3v) is 4.85. The first kappa shape index (κ1) is 21.6. The molecule has 0 saturated carbocycles. The summed E-state index contributed by atoms with van der Waals surface area (Å²) in [5.74, 6) is -0.604. The average molecular weight is 440 g/mol. The first-order valence-corrected chi connectivity index (χ1v) is 9.96. The highest BCUT2D eigenvalue weighted by atomic mass is 35.5. The smallest absolute Gasteiger partial charge is 0.251 e. The SMILES string of the molecule is O=C(C[C@@H](NC(=O)c1ccccc1)c1ccccc1)N/N=C\c1ccc(Cl)cc1Cl. The van der Waals surface area contributed by atoms with E-state index in [9.17, 15) is 9.59 Å². The molecule has 0 unspecified atom stereocenters. The van der Waals surface area contributed by atoms with Crippen molar-refractivity contribution in [2.24, 2.45) is 5.10 Å². The summed E-state index contributed by atoms with van der Waals surface area (Å²) in [6, 6.07) is 22.6. The van der Waals surface area contributed by atoms with E-state index in [0.29, 0.717) is 21.2 Å². The molecular formula is C23H19Cl2N3O2. The first-order chi connectivity index (χ1) is 14.5. The molecule has 7 heteroatoms. The van der Waals surface area contributed by atoms with E-state index in [4.69, 9.17) is 23.2 Å². The van der Waals surface area contributed by atoms with Crippen LogP contribution in [0.25, 0.3) is 0 Å². The predicted molar refractivity (Wildman–Crippen MR) is 120 cm³/mol. The highest BCUT2D eigenvalue weighted by molar-refractivity contribution is 6.36. The molecule has 0 aliphatic carbocycles. The van der Waals surface area contributed by atoms with Gasteiger partial charge in [0.25, 0.3) is 5.91 Å². The van der Waals surface area contributed by atoms with Gasteiger partial charge in [0.2, 0.25) is 5.91 Å². The molecule has 1 atom stereocenters. The van der Waals surface area contributed by atoms with Gasteiger partial charge in [-0.25, -0.2) is 5.43 Å². The molecule has 0 aliphatic rings. The Morgan fingerprint density at radius 1 is 0.933 bits per heavy atom. The molecule has 2 N–H and O–H groups in total. The van der Waals surface area contributed by atoms with Crippen LogP contribution in [-0.2, 0) is 4.79 Å². The van der Waals surface area contributed by atoms with Crippen molar-refractivity contribution in [3.05, 3.63) is 106 Å². The normalized spacial score (nSPS) is 11.8. The molecular weight excluding hydrogens is 421 g/mol. The summed E-state index contributed by atoms with van der Waals surface area (Å²) < 4.78 is 0. The lowest BCUT2D eigenvalue weighted by Gasteiger charge is -2.18. The summed E-state index contributed by atoms with van der Waals surface area (Å²) in [7, 11) is 0. The van der Waals surface area contributed by atoms with Crippen LogP contribution in [0.3, 0.4) is 0 Å². The number of rotatable bonds is 7. The Morgan fingerprint density at radius 3 is 2.27 bits per heavy atom. The Bertz CT molecular complexity index is 1040. The van der Waals surface area contributed by atoms with Gasteiger partial charge in [0, 0.05) is 16.1 Å². The zero-order valence-corrected chi connectivity index (χ0v) is 17.4. The molecule has 0 radical (unpaired) electrons. The van der Waals surface area contributed by atoms with Crippen molar-refractivity contribution in [1.29, 1.82) is 0 Å². The van der Waals surface area contributed by atoms with Gasteiger partial charge in [-0.1, -0.05) is 77.8 Å². The number of hydrazone groups is 1. The zero-order chi connectivity index (χ0) is 21.3. The fourth-order valence-corrected chi connectivity index (χ4v) is 3.24. The molecule has 30 heavy (non-hydrogen) atoms. The number of benzene rings is 3. The van der Waals surface area contributed by atoms with Gasteiger partial charge < -0.3 is 5.32 Å². The van der Waals surface area contributed by atoms with E-state index in [1.165, 1.54) is 6.21 Å². The maximum atomic E-state index is 12.6. The highest BCUT2D eigenvalue weighted by Crippen LogP contribution is 2.20. The number of amides is 2. The molecule has 2 amide bonds. The van der Waals surface area contributed by atoms with Crippen LogP contribution in [0.1, 0.15) is 33.9 Å². The minimum atomic E-state index is -0.506. The van der Waals surface area contributed by atoms with E-state index in [-0.39, 0.29) is 18.2 Å². The summed E-state index contributed by atoms with van der Waals surface area (Å²) in [4.78, 5) is 25.0. The van der Waals surface area contributed by atoms with Crippen molar-refractivity contribution in [1.82, 2.24) is 10.7 Å². The maximum absolute atomic E-state index is 12.6. The minimum Gasteiger partial charge on any atom is -0.345 e. The Balaban J connectivity index is 1.67. The molecule has 0 aliphatic heterocycles. The minimum absolute atomic E-state index is 0.0221. The van der Waals surface area contributed by atoms with E-state index in [1.54, 1.807) is 42.5 Å². The number of hydrogen-bond donors (Lipinski definition) is 2. The van der Waals surface area contributed by atoms with E-state index in [0.717, 1.165) is 5.56 Å². The van der Waals surface area contributed by atoms with Gasteiger partial charge in [0.15, 0.2) is 0 Å². The van der Waals surface area contributed by atoms with Crippen LogP contribution in [0.4, 0.5) is 0 Å². The number of halogens is 2. The molecule has 0 aromatic heterocycles. The molecule has 3 aromatic carbocycles. The summed E-state index contributed by atoms with van der Waals surface area (Å²) in [5, 5.41) is 7.81. The number of carbonyl (C=O) groups excluding carboxylic acids is 2. The lowest BCUT2D eigenvalue weighted by atomic mass is 10.0. The third kappa shape index (κ3) is 6.17. The number of carbonyl (C=O) groups is 2. The lowest BCUT2D eigenvalue weighted by molar-refractivity contribution is -0.121. The van der Waals surface area contributed by atoms with Crippen molar-refractivity contribution >= 4 is 41.2 Å². The van der Waals surface area contributed by atoms with Crippen LogP contribution in [0.5, 0.6) is 0 Å². The monoisotopic (exact) mass is 439 g/mol. The summed E-state index contributed by atoms with van der Waals surface area (Å²) in [6.45, 7) is 0. The molecule has 0 saturated heterocycles. The van der Waals surface area contributed by atoms with Crippen molar-refractivity contribution in [2.75, 3.05) is 0 Å². The van der Waals surface area contributed by atoms with Crippen molar-refractivity contribution < 1.29 is 9.59 Å². The van der Waals surface area contributed by atoms with E-state index in [1.807, 2.05) is 36.4 Å². The van der Waals surface area contributed by atoms with Crippen LogP contribution >= 0.6 is 23.2 Å². The average Bonchev–Trinajstić information content (AvgIpc) is 2.76. The fourth-order valence-electron chi connectivity index (χ4n) is 2.78. The van der Waals surface area contributed by atoms with Gasteiger partial charge in [-0.2, -0.15) is 5.10 Å². The summed E-state index contributed by atoms with van der Waals surface area (Å²) in [5.41, 5.74) is 4.44. The first-order valence-electron chi connectivity index (χ1n) is 9.21. The standard InChI is InChI=1S/C23H19Cl2N3O2/c24-19-12-11-18(20(25)13-19)15-26-28-22(29)14-21(16-7-3-1-4-8-16)27-23(30)17-9-5-2-6-10-17/h1-13,15,21H,14H2,(H,27,30)(H,28,29)/b26-15-/t21-/m1/s1. The molecule has 3 rings (SSSR count). The van der Waals surface area contributed by atoms with Crippen LogP contribution in [-0.4, -0.2) is 18.0 Å². The number of hydrogen-bond acceptors (Lipinski definition) is 3. The predicted octanol–water partition coefficient (Wildman–Crippen LogP) is 5.00. The molecule has 0 spiro atoms. The van der Waals surface area contributed by atoms with Crippen molar-refractivity contribution in [2.45, 2.75) is 12.5 Å². The molecule has 5 nitrogen and oxygen atoms in total. The van der Waals surface area contributed by atoms with Crippen LogP contribution in [0, 0.1) is 0 Å². The number of nitrogens with zero attached hydrogens (tertiary/aromatic N) is 1. The molecule has 152 valence electrons. The van der Waals surface area contributed by atoms with Crippen LogP contribution < -0.4 is 10.7 Å². The largest absolute Gasteiger partial charge is 0.345 e. The quantitative estimate of drug-likeness (QED) is 0.401. The third-order valence-electron chi connectivity index (χ3n) is 4.29. The van der Waals surface area contributed by atoms with Gasteiger partial charge in [-0.05, 0) is 29.8 Å². The van der Waals surface area contributed by atoms with Gasteiger partial charge in [0.1, 0.15) is 0 Å². The Hall–Kier alpha value is -3.15. The number of nitrogens with one attached hydrogen (secondary N) is 2. The second-order valence-corrected chi connectivity index (χ2v) is 7.31. The van der Waals surface area contributed by atoms with Gasteiger partial charge in [-0.3, -0.25) is 9.59 Å². The van der Waals surface area contributed by atoms with Gasteiger partial charge in [-0.15, -0.1) is 0 Å². The Morgan fingerprint density at radius 2 is 1.60 bits per heavy atom. The molecule has 0 heterocycles. The molecule has 3 aromatic rings. The van der Waals surface area contributed by atoms with Crippen LogP contribution in [0.15, 0.2) is 84.0 Å². The van der Waals surface area contributed by atoms with Crippen molar-refractivity contribution in [3.63, 3.8) is 0 Å². The molecule has 0 fully saturated rings. The van der Waals surface area contributed by atoms with Crippen LogP contribution in [0.2, 0.25) is 10.0 Å². The van der Waals surface area contributed by atoms with Gasteiger partial charge in [0.05, 0.1) is 23.7 Å². The van der Waals surface area contributed by atoms with E-state index < -0.39 is 6.04 Å². The van der Waals surface area contributed by atoms with E-state index in [2.05, 4.69) is 15.8 Å². The lowest BCUT2D eigenvalue weighted by Crippen LogP contribution is -2.32. The molecule has 0 bridgehead atoms. The fraction of sp³-hybridized carbons (Fsp3) is 0.0870. The second-order valence-electron chi connectivity index (χ2n) is 6.47. The van der Waals surface area contributed by atoms with Crippen molar-refractivity contribution in [3.8, 4) is 0 Å².